The minimum absolute atomic E-state index is 0.313. The van der Waals surface area contributed by atoms with Gasteiger partial charge < -0.3 is 15.3 Å². The maximum Gasteiger partial charge on any atom is 0.404 e. The van der Waals surface area contributed by atoms with E-state index in [2.05, 4.69) is 42.8 Å². The fourth-order valence-electron chi connectivity index (χ4n) is 2.90. The molecule has 0 saturated heterocycles. The number of thiophene rings is 1. The highest BCUT2D eigenvalue weighted by atomic mass is 32.1. The zero-order valence-corrected chi connectivity index (χ0v) is 18.3. The molecule has 0 bridgehead atoms. The lowest BCUT2D eigenvalue weighted by atomic mass is 9.91. The summed E-state index contributed by atoms with van der Waals surface area (Å²) in [6.07, 6.45) is 2.22. The third-order valence-electron chi connectivity index (χ3n) is 4.54. The number of anilines is 1. The fraction of sp³-hybridized carbons (Fsp3) is 0.333. The Kier molecular flexibility index (Phi) is 6.63. The Morgan fingerprint density at radius 1 is 1.27 bits per heavy atom. The number of carbonyl (C=O) groups is 1. The molecule has 0 fully saturated rings. The standard InChI is InChI=1S/C21H26N6O2S/c1-21(2,12-22-20(28)29)17-9-16-18(23-13-24-19(16)30-17)26-25-10-14-5-7-15(8-6-14)11-27(3)4/h5-10,13,22H,11-12H2,1-4H3,(H,28,29)(H,23,24,26). The summed E-state index contributed by atoms with van der Waals surface area (Å²) < 4.78 is 0. The van der Waals surface area contributed by atoms with E-state index in [1.807, 2.05) is 46.1 Å². The molecular weight excluding hydrogens is 400 g/mol. The molecule has 0 aliphatic heterocycles. The lowest BCUT2D eigenvalue weighted by Crippen LogP contribution is -2.35. The topological polar surface area (TPSA) is 103 Å². The predicted octanol–water partition coefficient (Wildman–Crippen LogP) is 3.74. The molecule has 3 rings (SSSR count). The van der Waals surface area contributed by atoms with Gasteiger partial charge in [0.25, 0.3) is 0 Å². The molecule has 0 aliphatic carbocycles. The monoisotopic (exact) mass is 426 g/mol. The van der Waals surface area contributed by atoms with Crippen molar-refractivity contribution in [3.05, 3.63) is 52.7 Å². The summed E-state index contributed by atoms with van der Waals surface area (Å²) in [5.74, 6) is 0.616. The highest BCUT2D eigenvalue weighted by molar-refractivity contribution is 7.18. The second-order valence-electron chi connectivity index (χ2n) is 7.94. The van der Waals surface area contributed by atoms with Crippen molar-refractivity contribution in [2.45, 2.75) is 25.8 Å². The first-order valence-corrected chi connectivity index (χ1v) is 10.3. The number of carboxylic acid groups (broad SMARTS) is 1. The molecule has 2 heterocycles. The van der Waals surface area contributed by atoms with Crippen LogP contribution in [0.4, 0.5) is 10.6 Å². The van der Waals surface area contributed by atoms with E-state index >= 15 is 0 Å². The lowest BCUT2D eigenvalue weighted by Gasteiger charge is -2.22. The largest absolute Gasteiger partial charge is 0.465 e. The lowest BCUT2D eigenvalue weighted by molar-refractivity contribution is 0.192. The second-order valence-corrected chi connectivity index (χ2v) is 8.97. The van der Waals surface area contributed by atoms with E-state index in [9.17, 15) is 4.79 Å². The van der Waals surface area contributed by atoms with Gasteiger partial charge in [0.1, 0.15) is 11.2 Å². The number of rotatable bonds is 8. The van der Waals surface area contributed by atoms with Crippen LogP contribution < -0.4 is 10.7 Å². The van der Waals surface area contributed by atoms with Crippen molar-refractivity contribution in [1.29, 1.82) is 0 Å². The van der Waals surface area contributed by atoms with Crippen LogP contribution in [0.1, 0.15) is 29.9 Å². The first-order valence-electron chi connectivity index (χ1n) is 9.49. The Morgan fingerprint density at radius 2 is 2.00 bits per heavy atom. The van der Waals surface area contributed by atoms with Crippen molar-refractivity contribution < 1.29 is 9.90 Å². The van der Waals surface area contributed by atoms with Crippen LogP contribution >= 0.6 is 11.3 Å². The van der Waals surface area contributed by atoms with Gasteiger partial charge in [-0.2, -0.15) is 5.10 Å². The van der Waals surface area contributed by atoms with E-state index in [1.165, 1.54) is 23.2 Å². The molecule has 0 unspecified atom stereocenters. The average molecular weight is 427 g/mol. The van der Waals surface area contributed by atoms with Gasteiger partial charge in [-0.3, -0.25) is 5.43 Å². The van der Waals surface area contributed by atoms with E-state index in [0.717, 1.165) is 27.2 Å². The fourth-order valence-corrected chi connectivity index (χ4v) is 4.00. The van der Waals surface area contributed by atoms with Gasteiger partial charge in [-0.25, -0.2) is 14.8 Å². The van der Waals surface area contributed by atoms with Crippen LogP contribution in [0.3, 0.4) is 0 Å². The molecule has 9 heteroatoms. The molecule has 30 heavy (non-hydrogen) atoms. The van der Waals surface area contributed by atoms with Gasteiger partial charge in [-0.15, -0.1) is 11.3 Å². The van der Waals surface area contributed by atoms with Crippen LogP contribution in [0.25, 0.3) is 10.2 Å². The number of benzene rings is 1. The van der Waals surface area contributed by atoms with Gasteiger partial charge >= 0.3 is 6.09 Å². The third kappa shape index (κ3) is 5.52. The number of hydrogen-bond donors (Lipinski definition) is 3. The first kappa shape index (κ1) is 21.7. The van der Waals surface area contributed by atoms with E-state index in [1.54, 1.807) is 6.21 Å². The predicted molar refractivity (Wildman–Crippen MR) is 122 cm³/mol. The molecule has 1 amide bonds. The zero-order chi connectivity index (χ0) is 21.7. The summed E-state index contributed by atoms with van der Waals surface area (Å²) in [6, 6.07) is 10.2. The number of aromatic nitrogens is 2. The summed E-state index contributed by atoms with van der Waals surface area (Å²) in [5, 5.41) is 16.5. The van der Waals surface area contributed by atoms with Crippen molar-refractivity contribution in [2.24, 2.45) is 5.10 Å². The van der Waals surface area contributed by atoms with Crippen LogP contribution in [0, 0.1) is 0 Å². The molecule has 2 aromatic heterocycles. The van der Waals surface area contributed by atoms with Gasteiger partial charge in [0.05, 0.1) is 11.6 Å². The Hall–Kier alpha value is -3.04. The van der Waals surface area contributed by atoms with Gasteiger partial charge in [0, 0.05) is 23.4 Å². The summed E-state index contributed by atoms with van der Waals surface area (Å²) >= 11 is 1.53. The van der Waals surface area contributed by atoms with Crippen molar-refractivity contribution >= 4 is 39.7 Å². The minimum atomic E-state index is -1.03. The van der Waals surface area contributed by atoms with Gasteiger partial charge in [-0.1, -0.05) is 38.1 Å². The molecule has 0 spiro atoms. The molecular formula is C21H26N6O2S. The number of nitrogens with zero attached hydrogens (tertiary/aromatic N) is 4. The third-order valence-corrected chi connectivity index (χ3v) is 5.95. The molecule has 8 nitrogen and oxygen atoms in total. The van der Waals surface area contributed by atoms with Crippen molar-refractivity contribution in [3.63, 3.8) is 0 Å². The SMILES string of the molecule is CN(C)Cc1ccc(C=NNc2ncnc3sc(C(C)(C)CNC(=O)O)cc23)cc1. The van der Waals surface area contributed by atoms with Crippen LogP contribution in [0.5, 0.6) is 0 Å². The highest BCUT2D eigenvalue weighted by Crippen LogP contribution is 2.35. The Balaban J connectivity index is 1.74. The summed E-state index contributed by atoms with van der Waals surface area (Å²) in [5.41, 5.74) is 4.87. The quantitative estimate of drug-likeness (QED) is 0.375. The summed E-state index contributed by atoms with van der Waals surface area (Å²) in [6.45, 7) is 5.19. The van der Waals surface area contributed by atoms with Crippen molar-refractivity contribution in [2.75, 3.05) is 26.1 Å². The van der Waals surface area contributed by atoms with Crippen molar-refractivity contribution in [3.8, 4) is 0 Å². The number of hydrazone groups is 1. The normalized spacial score (nSPS) is 12.0. The van der Waals surface area contributed by atoms with E-state index in [-0.39, 0.29) is 5.41 Å². The first-order chi connectivity index (χ1) is 14.2. The number of amides is 1. The Labute approximate surface area is 179 Å². The molecule has 0 saturated carbocycles. The van der Waals surface area contributed by atoms with Gasteiger partial charge in [0.15, 0.2) is 5.82 Å². The van der Waals surface area contributed by atoms with Crippen LogP contribution in [-0.4, -0.2) is 52.9 Å². The van der Waals surface area contributed by atoms with Crippen LogP contribution in [0.15, 0.2) is 41.8 Å². The second kappa shape index (κ2) is 9.19. The summed E-state index contributed by atoms with van der Waals surface area (Å²) in [7, 11) is 4.09. The highest BCUT2D eigenvalue weighted by Gasteiger charge is 2.25. The number of hydrogen-bond acceptors (Lipinski definition) is 7. The van der Waals surface area contributed by atoms with Gasteiger partial charge in [-0.05, 0) is 31.3 Å². The molecule has 3 N–H and O–H groups in total. The summed E-state index contributed by atoms with van der Waals surface area (Å²) in [4.78, 5) is 23.5. The zero-order valence-electron chi connectivity index (χ0n) is 17.5. The molecule has 0 aliphatic rings. The van der Waals surface area contributed by atoms with E-state index in [0.29, 0.717) is 12.4 Å². The van der Waals surface area contributed by atoms with E-state index in [4.69, 9.17) is 5.11 Å². The van der Waals surface area contributed by atoms with Crippen molar-refractivity contribution in [1.82, 2.24) is 20.2 Å². The Bertz CT molecular complexity index is 1040. The molecule has 158 valence electrons. The molecule has 3 aromatic rings. The molecule has 0 atom stereocenters. The maximum atomic E-state index is 10.8. The molecule has 0 radical (unpaired) electrons. The van der Waals surface area contributed by atoms with Crippen LogP contribution in [0.2, 0.25) is 0 Å². The molecule has 1 aromatic carbocycles. The van der Waals surface area contributed by atoms with Crippen LogP contribution in [-0.2, 0) is 12.0 Å². The average Bonchev–Trinajstić information content (AvgIpc) is 3.14. The smallest absolute Gasteiger partial charge is 0.404 e. The maximum absolute atomic E-state index is 10.8. The Morgan fingerprint density at radius 3 is 2.67 bits per heavy atom. The van der Waals surface area contributed by atoms with Gasteiger partial charge in [0.2, 0.25) is 0 Å². The number of fused-ring (bicyclic) bond motifs is 1. The minimum Gasteiger partial charge on any atom is -0.465 e. The van der Waals surface area contributed by atoms with E-state index < -0.39 is 6.09 Å². The number of nitrogens with one attached hydrogen (secondary N) is 2.